The van der Waals surface area contributed by atoms with Crippen LogP contribution in [0.4, 0.5) is 0 Å². The van der Waals surface area contributed by atoms with Crippen LogP contribution in [0.2, 0.25) is 0 Å². The van der Waals surface area contributed by atoms with Gasteiger partial charge in [0.05, 0.1) is 12.2 Å². The summed E-state index contributed by atoms with van der Waals surface area (Å²) in [6.07, 6.45) is 6.70. The number of carbonyl (C=O) groups is 1. The normalized spacial score (nSPS) is 15.2. The van der Waals surface area contributed by atoms with Crippen molar-refractivity contribution < 1.29 is 14.6 Å². The first kappa shape index (κ1) is 22.0. The number of carboxylic acid groups (broad SMARTS) is 1. The van der Waals surface area contributed by atoms with Crippen molar-refractivity contribution in [2.45, 2.75) is 45.6 Å². The zero-order valence-electron chi connectivity index (χ0n) is 18.7. The topological polar surface area (TPSA) is 71.5 Å². The second-order valence-electron chi connectivity index (χ2n) is 8.37. The molecule has 5 heteroatoms. The summed E-state index contributed by atoms with van der Waals surface area (Å²) in [4.78, 5) is 15.6. The van der Waals surface area contributed by atoms with Gasteiger partial charge in [-0.1, -0.05) is 31.2 Å². The van der Waals surface area contributed by atoms with Crippen molar-refractivity contribution in [2.24, 2.45) is 0 Å². The molecule has 0 fully saturated rings. The Labute approximate surface area is 189 Å². The lowest BCUT2D eigenvalue weighted by molar-refractivity contribution is 0.0695. The van der Waals surface area contributed by atoms with E-state index in [9.17, 15) is 9.90 Å². The zero-order chi connectivity index (χ0) is 22.5. The zero-order valence-corrected chi connectivity index (χ0v) is 18.7. The third kappa shape index (κ3) is 4.83. The van der Waals surface area contributed by atoms with Crippen LogP contribution in [0.3, 0.4) is 0 Å². The second-order valence-corrected chi connectivity index (χ2v) is 8.37. The molecule has 4 rings (SSSR count). The van der Waals surface area contributed by atoms with Gasteiger partial charge in [0.15, 0.2) is 0 Å². The number of pyridine rings is 1. The number of hydrogen-bond acceptors (Lipinski definition) is 4. The van der Waals surface area contributed by atoms with Crippen LogP contribution in [-0.2, 0) is 12.8 Å². The predicted octanol–water partition coefficient (Wildman–Crippen LogP) is 5.36. The molecule has 1 atom stereocenters. The lowest BCUT2D eigenvalue weighted by atomic mass is 9.87. The molecule has 0 saturated heterocycles. The Hall–Kier alpha value is -3.18. The molecule has 5 nitrogen and oxygen atoms in total. The van der Waals surface area contributed by atoms with Crippen molar-refractivity contribution in [3.8, 4) is 16.9 Å². The molecule has 1 aliphatic heterocycles. The monoisotopic (exact) mass is 430 g/mol. The van der Waals surface area contributed by atoms with Gasteiger partial charge >= 0.3 is 5.97 Å². The number of carboxylic acids is 1. The summed E-state index contributed by atoms with van der Waals surface area (Å²) in [6, 6.07) is 14.8. The van der Waals surface area contributed by atoms with Crippen molar-refractivity contribution in [3.05, 3.63) is 82.7 Å². The average Bonchev–Trinajstić information content (AvgIpc) is 2.81. The summed E-state index contributed by atoms with van der Waals surface area (Å²) in [5, 5.41) is 13.0. The predicted molar refractivity (Wildman–Crippen MR) is 126 cm³/mol. The Kier molecular flexibility index (Phi) is 6.86. The smallest absolute Gasteiger partial charge is 0.336 e. The number of nitrogens with zero attached hydrogens (tertiary/aromatic N) is 1. The van der Waals surface area contributed by atoms with E-state index in [0.29, 0.717) is 12.0 Å². The Bertz CT molecular complexity index is 1110. The quantitative estimate of drug-likeness (QED) is 0.503. The van der Waals surface area contributed by atoms with E-state index in [1.165, 1.54) is 34.0 Å². The lowest BCUT2D eigenvalue weighted by Gasteiger charge is -2.28. The van der Waals surface area contributed by atoms with E-state index < -0.39 is 5.97 Å². The number of aromatic carboxylic acids is 1. The maximum absolute atomic E-state index is 11.5. The number of benzene rings is 2. The molecule has 0 radical (unpaired) electrons. The number of aromatic nitrogens is 1. The van der Waals surface area contributed by atoms with Gasteiger partial charge in [0.25, 0.3) is 0 Å². The van der Waals surface area contributed by atoms with E-state index in [1.54, 1.807) is 12.3 Å². The fourth-order valence-corrected chi connectivity index (χ4v) is 4.48. The standard InChI is InChI=1S/C27H30N2O3/c1-3-14-32-22-6-8-23(18(2)15-22)19-4-7-24-20(16-19)10-13-29-26(24)9-5-21-17-28-12-11-25(21)27(30)31/h4,6-8,11-12,15-17,26,29H,3,5,9-10,13-14H2,1-2H3,(H,30,31)/t26-/m1/s1. The fourth-order valence-electron chi connectivity index (χ4n) is 4.48. The van der Waals surface area contributed by atoms with Crippen molar-refractivity contribution in [1.82, 2.24) is 10.3 Å². The van der Waals surface area contributed by atoms with Crippen molar-refractivity contribution in [3.63, 3.8) is 0 Å². The summed E-state index contributed by atoms with van der Waals surface area (Å²) < 4.78 is 5.77. The molecule has 0 bridgehead atoms. The Balaban J connectivity index is 1.53. The van der Waals surface area contributed by atoms with Crippen molar-refractivity contribution >= 4 is 5.97 Å². The molecular weight excluding hydrogens is 400 g/mol. The molecule has 1 aromatic heterocycles. The number of fused-ring (bicyclic) bond motifs is 1. The molecule has 166 valence electrons. The fraction of sp³-hybridized carbons (Fsp3) is 0.333. The van der Waals surface area contributed by atoms with Gasteiger partial charge in [-0.2, -0.15) is 0 Å². The van der Waals surface area contributed by atoms with Crippen LogP contribution in [-0.4, -0.2) is 29.2 Å². The van der Waals surface area contributed by atoms with Crippen molar-refractivity contribution in [2.75, 3.05) is 13.2 Å². The Morgan fingerprint density at radius 3 is 2.88 bits per heavy atom. The van der Waals surface area contributed by atoms with E-state index >= 15 is 0 Å². The summed E-state index contributed by atoms with van der Waals surface area (Å²) >= 11 is 0. The highest BCUT2D eigenvalue weighted by atomic mass is 16.5. The third-order valence-corrected chi connectivity index (χ3v) is 6.12. The first-order valence-electron chi connectivity index (χ1n) is 11.3. The van der Waals surface area contributed by atoms with E-state index in [-0.39, 0.29) is 6.04 Å². The minimum Gasteiger partial charge on any atom is -0.494 e. The maximum atomic E-state index is 11.5. The summed E-state index contributed by atoms with van der Waals surface area (Å²) in [6.45, 7) is 5.89. The van der Waals surface area contributed by atoms with Gasteiger partial charge in [-0.3, -0.25) is 4.98 Å². The highest BCUT2D eigenvalue weighted by molar-refractivity contribution is 5.89. The number of aryl methyl sites for hydroxylation is 2. The van der Waals surface area contributed by atoms with Crippen molar-refractivity contribution in [1.29, 1.82) is 0 Å². The summed E-state index contributed by atoms with van der Waals surface area (Å²) in [5.41, 5.74) is 7.46. The molecule has 2 aromatic carbocycles. The number of nitrogens with one attached hydrogen (secondary N) is 1. The average molecular weight is 431 g/mol. The van der Waals surface area contributed by atoms with Crippen LogP contribution in [0, 0.1) is 6.92 Å². The van der Waals surface area contributed by atoms with E-state index in [0.717, 1.165) is 43.7 Å². The first-order valence-corrected chi connectivity index (χ1v) is 11.3. The van der Waals surface area contributed by atoms with E-state index in [1.807, 2.05) is 0 Å². The molecule has 0 spiro atoms. The molecule has 0 unspecified atom stereocenters. The van der Waals surface area contributed by atoms with Gasteiger partial charge in [-0.25, -0.2) is 4.79 Å². The molecule has 32 heavy (non-hydrogen) atoms. The van der Waals surface area contributed by atoms with Crippen LogP contribution < -0.4 is 10.1 Å². The summed E-state index contributed by atoms with van der Waals surface area (Å²) in [7, 11) is 0. The largest absolute Gasteiger partial charge is 0.494 e. The Morgan fingerprint density at radius 2 is 2.09 bits per heavy atom. The number of hydrogen-bond donors (Lipinski definition) is 2. The third-order valence-electron chi connectivity index (χ3n) is 6.12. The molecule has 0 amide bonds. The minimum atomic E-state index is -0.898. The number of rotatable bonds is 8. The Morgan fingerprint density at radius 1 is 1.22 bits per heavy atom. The van der Waals surface area contributed by atoms with Crippen LogP contribution in [0.5, 0.6) is 5.75 Å². The van der Waals surface area contributed by atoms with Crippen LogP contribution >= 0.6 is 0 Å². The molecule has 0 aliphatic carbocycles. The van der Waals surface area contributed by atoms with Gasteiger partial charge in [0, 0.05) is 18.4 Å². The van der Waals surface area contributed by atoms with Gasteiger partial charge in [0.1, 0.15) is 5.75 Å². The molecular formula is C27H30N2O3. The molecule has 0 saturated carbocycles. The number of ether oxygens (including phenoxy) is 1. The van der Waals surface area contributed by atoms with Gasteiger partial charge in [-0.15, -0.1) is 0 Å². The molecule has 2 N–H and O–H groups in total. The maximum Gasteiger partial charge on any atom is 0.336 e. The highest BCUT2D eigenvalue weighted by Gasteiger charge is 2.21. The van der Waals surface area contributed by atoms with Crippen LogP contribution in [0.25, 0.3) is 11.1 Å². The van der Waals surface area contributed by atoms with E-state index in [2.05, 4.69) is 60.5 Å². The van der Waals surface area contributed by atoms with Gasteiger partial charge in [0.2, 0.25) is 0 Å². The van der Waals surface area contributed by atoms with Crippen LogP contribution in [0.15, 0.2) is 54.9 Å². The lowest BCUT2D eigenvalue weighted by Crippen LogP contribution is -2.30. The van der Waals surface area contributed by atoms with E-state index in [4.69, 9.17) is 4.74 Å². The SMILES string of the molecule is CCCOc1ccc(-c2ccc3c(c2)CCN[C@@H]3CCc2cnccc2C(=O)O)c(C)c1. The summed E-state index contributed by atoms with van der Waals surface area (Å²) in [5.74, 6) is 0.0250. The molecule has 3 aromatic rings. The highest BCUT2D eigenvalue weighted by Crippen LogP contribution is 2.33. The first-order chi connectivity index (χ1) is 15.6. The second kappa shape index (κ2) is 9.96. The molecule has 1 aliphatic rings. The van der Waals surface area contributed by atoms with Gasteiger partial charge in [-0.05, 0) is 90.7 Å². The molecule has 2 heterocycles. The van der Waals surface area contributed by atoms with Gasteiger partial charge < -0.3 is 15.2 Å². The van der Waals surface area contributed by atoms with Crippen LogP contribution in [0.1, 0.15) is 58.4 Å². The minimum absolute atomic E-state index is 0.209.